The summed E-state index contributed by atoms with van der Waals surface area (Å²) < 4.78 is 6.07. The third-order valence-electron chi connectivity index (χ3n) is 5.79. The van der Waals surface area contributed by atoms with Gasteiger partial charge in [0.05, 0.1) is 12.6 Å². The van der Waals surface area contributed by atoms with E-state index in [2.05, 4.69) is 78.8 Å². The molecule has 0 saturated heterocycles. The summed E-state index contributed by atoms with van der Waals surface area (Å²) >= 11 is 0. The van der Waals surface area contributed by atoms with Crippen LogP contribution in [0.4, 0.5) is 0 Å². The molecule has 30 heavy (non-hydrogen) atoms. The first kappa shape index (κ1) is 22.3. The molecule has 0 aliphatic carbocycles. The fraction of sp³-hybridized carbons (Fsp3) is 0.481. The van der Waals surface area contributed by atoms with E-state index in [0.29, 0.717) is 30.9 Å². The number of nitrogens with zero attached hydrogens (tertiary/aromatic N) is 2. The Labute approximate surface area is 182 Å². The number of ether oxygens (including phenoxy) is 1. The molecule has 0 spiro atoms. The molecule has 0 aromatic heterocycles. The molecule has 0 unspecified atom stereocenters. The molecule has 1 aliphatic heterocycles. The lowest BCUT2D eigenvalue weighted by atomic mass is 9.88. The molecule has 3 heteroatoms. The molecule has 0 saturated carbocycles. The molecule has 1 aliphatic rings. The van der Waals surface area contributed by atoms with Crippen molar-refractivity contribution in [3.8, 4) is 0 Å². The second-order valence-electron chi connectivity index (χ2n) is 9.88. The zero-order chi connectivity index (χ0) is 21.9. The first-order chi connectivity index (χ1) is 14.2. The topological polar surface area (TPSA) is 34.0 Å². The molecule has 0 fully saturated rings. The van der Waals surface area contributed by atoms with Crippen LogP contribution < -0.4 is 0 Å². The third kappa shape index (κ3) is 5.00. The molecule has 2 aromatic rings. The van der Waals surface area contributed by atoms with Crippen molar-refractivity contribution in [2.75, 3.05) is 6.61 Å². The number of hydrogen-bond donors (Lipinski definition) is 0. The molecule has 3 nitrogen and oxygen atoms in total. The summed E-state index contributed by atoms with van der Waals surface area (Å²) in [4.78, 5) is 10.0. The molecular formula is C27H36N2O. The van der Waals surface area contributed by atoms with Crippen LogP contribution in [0.15, 0.2) is 58.5 Å². The van der Waals surface area contributed by atoms with Crippen molar-refractivity contribution < 1.29 is 4.74 Å². The minimum atomic E-state index is 0.0681. The second-order valence-corrected chi connectivity index (χ2v) is 9.88. The van der Waals surface area contributed by atoms with Gasteiger partial charge in [0.25, 0.3) is 0 Å². The zero-order valence-corrected chi connectivity index (χ0v) is 19.6. The summed E-state index contributed by atoms with van der Waals surface area (Å²) in [7, 11) is 0. The maximum Gasteiger partial charge on any atom is 0.235 e. The number of rotatable bonds is 6. The van der Waals surface area contributed by atoms with Crippen molar-refractivity contribution >= 4 is 11.6 Å². The maximum absolute atomic E-state index is 6.07. The van der Waals surface area contributed by atoms with Crippen molar-refractivity contribution in [1.29, 1.82) is 0 Å². The van der Waals surface area contributed by atoms with Crippen molar-refractivity contribution in [2.24, 2.45) is 15.4 Å². The van der Waals surface area contributed by atoms with Gasteiger partial charge in [0, 0.05) is 5.56 Å². The van der Waals surface area contributed by atoms with Gasteiger partial charge in [0.2, 0.25) is 5.90 Å². The molecule has 2 aromatic carbocycles. The van der Waals surface area contributed by atoms with Crippen LogP contribution >= 0.6 is 0 Å². The Morgan fingerprint density at radius 2 is 1.57 bits per heavy atom. The van der Waals surface area contributed by atoms with Gasteiger partial charge in [-0.25, -0.2) is 4.99 Å². The lowest BCUT2D eigenvalue weighted by molar-refractivity contribution is 0.237. The van der Waals surface area contributed by atoms with Crippen LogP contribution in [0, 0.1) is 5.41 Å². The molecule has 0 bridgehead atoms. The van der Waals surface area contributed by atoms with Crippen LogP contribution in [-0.4, -0.2) is 24.3 Å². The predicted octanol–water partition coefficient (Wildman–Crippen LogP) is 6.77. The number of aliphatic imine (C=N–C) groups is 2. The summed E-state index contributed by atoms with van der Waals surface area (Å²) in [5.74, 6) is 1.59. The van der Waals surface area contributed by atoms with Gasteiger partial charge in [-0.15, -0.1) is 0 Å². The standard InChI is InChI=1S/C27H36N2O/c1-18(2)21-14-11-15-22(19(3)4)23(21)16-28-25(20-12-9-8-10-13-20)26-29-24(17-30-26)27(5,6)7/h8-15,18-19,24H,16-17H2,1-7H3/t24-/m1/s1. The van der Waals surface area contributed by atoms with E-state index in [4.69, 9.17) is 14.7 Å². The van der Waals surface area contributed by atoms with Crippen LogP contribution in [0.2, 0.25) is 0 Å². The Morgan fingerprint density at radius 3 is 2.07 bits per heavy atom. The number of benzene rings is 2. The van der Waals surface area contributed by atoms with Crippen LogP contribution in [-0.2, 0) is 11.3 Å². The molecule has 3 rings (SSSR count). The lowest BCUT2D eigenvalue weighted by Crippen LogP contribution is -2.25. The first-order valence-electron chi connectivity index (χ1n) is 11.1. The van der Waals surface area contributed by atoms with Gasteiger partial charge in [0.1, 0.15) is 12.3 Å². The van der Waals surface area contributed by atoms with Crippen molar-refractivity contribution in [1.82, 2.24) is 0 Å². The Bertz CT molecular complexity index is 891. The minimum absolute atomic E-state index is 0.0681. The average molecular weight is 405 g/mol. The van der Waals surface area contributed by atoms with Crippen molar-refractivity contribution in [3.63, 3.8) is 0 Å². The van der Waals surface area contributed by atoms with Crippen molar-refractivity contribution in [3.05, 3.63) is 70.8 Å². The maximum atomic E-state index is 6.07. The van der Waals surface area contributed by atoms with Crippen molar-refractivity contribution in [2.45, 2.75) is 72.9 Å². The highest BCUT2D eigenvalue weighted by molar-refractivity contribution is 6.45. The van der Waals surface area contributed by atoms with Crippen LogP contribution in [0.1, 0.15) is 82.6 Å². The summed E-state index contributed by atoms with van der Waals surface area (Å²) in [6, 6.07) is 17.1. The summed E-state index contributed by atoms with van der Waals surface area (Å²) in [6.45, 7) is 16.9. The van der Waals surface area contributed by atoms with Crippen LogP contribution in [0.25, 0.3) is 0 Å². The molecule has 0 amide bonds. The van der Waals surface area contributed by atoms with Gasteiger partial charge in [-0.3, -0.25) is 4.99 Å². The van der Waals surface area contributed by atoms with E-state index >= 15 is 0 Å². The van der Waals surface area contributed by atoms with Gasteiger partial charge in [-0.1, -0.05) is 97.0 Å². The fourth-order valence-corrected chi connectivity index (χ4v) is 3.87. The van der Waals surface area contributed by atoms with Gasteiger partial charge < -0.3 is 4.74 Å². The van der Waals surface area contributed by atoms with E-state index in [-0.39, 0.29) is 11.5 Å². The highest BCUT2D eigenvalue weighted by atomic mass is 16.5. The third-order valence-corrected chi connectivity index (χ3v) is 5.79. The molecule has 0 radical (unpaired) electrons. The van der Waals surface area contributed by atoms with E-state index in [0.717, 1.165) is 11.3 Å². The van der Waals surface area contributed by atoms with Gasteiger partial charge >= 0.3 is 0 Å². The van der Waals surface area contributed by atoms with E-state index in [1.165, 1.54) is 16.7 Å². The molecule has 1 heterocycles. The highest BCUT2D eigenvalue weighted by Gasteiger charge is 2.32. The summed E-state index contributed by atoms with van der Waals surface area (Å²) in [6.07, 6.45) is 0. The largest absolute Gasteiger partial charge is 0.474 e. The van der Waals surface area contributed by atoms with Gasteiger partial charge in [-0.2, -0.15) is 0 Å². The smallest absolute Gasteiger partial charge is 0.235 e. The molecule has 1 atom stereocenters. The molecular weight excluding hydrogens is 368 g/mol. The number of hydrogen-bond acceptors (Lipinski definition) is 3. The zero-order valence-electron chi connectivity index (χ0n) is 19.6. The second kappa shape index (κ2) is 9.16. The lowest BCUT2D eigenvalue weighted by Gasteiger charge is -2.21. The van der Waals surface area contributed by atoms with E-state index < -0.39 is 0 Å². The average Bonchev–Trinajstić information content (AvgIpc) is 3.19. The van der Waals surface area contributed by atoms with E-state index in [1.807, 2.05) is 18.2 Å². The Balaban J connectivity index is 2.05. The Morgan fingerprint density at radius 1 is 0.967 bits per heavy atom. The molecule has 0 N–H and O–H groups in total. The summed E-state index contributed by atoms with van der Waals surface area (Å²) in [5, 5.41) is 0. The van der Waals surface area contributed by atoms with Crippen LogP contribution in [0.5, 0.6) is 0 Å². The molecule has 160 valence electrons. The van der Waals surface area contributed by atoms with E-state index in [1.54, 1.807) is 0 Å². The first-order valence-corrected chi connectivity index (χ1v) is 11.1. The monoisotopic (exact) mass is 404 g/mol. The summed E-state index contributed by atoms with van der Waals surface area (Å²) in [5.41, 5.74) is 6.06. The SMILES string of the molecule is CC(C)c1cccc(C(C)C)c1CN=C(C1=N[C@@H](C(C)(C)C)CO1)c1ccccc1. The Hall–Kier alpha value is -2.42. The predicted molar refractivity (Wildman–Crippen MR) is 128 cm³/mol. The quantitative estimate of drug-likeness (QED) is 0.489. The Kier molecular flexibility index (Phi) is 6.80. The van der Waals surface area contributed by atoms with Gasteiger partial charge in [0.15, 0.2) is 0 Å². The highest BCUT2D eigenvalue weighted by Crippen LogP contribution is 2.30. The minimum Gasteiger partial charge on any atom is -0.474 e. The fourth-order valence-electron chi connectivity index (χ4n) is 3.87. The normalized spacial score (nSPS) is 17.4. The van der Waals surface area contributed by atoms with E-state index in [9.17, 15) is 0 Å². The van der Waals surface area contributed by atoms with Gasteiger partial charge in [-0.05, 0) is 33.9 Å². The van der Waals surface area contributed by atoms with Crippen LogP contribution in [0.3, 0.4) is 0 Å².